The molecule has 0 saturated carbocycles. The summed E-state index contributed by atoms with van der Waals surface area (Å²) in [5.41, 5.74) is -0.0424. The van der Waals surface area contributed by atoms with Crippen LogP contribution in [-0.4, -0.2) is 61.0 Å². The SMILES string of the molecule is CO[C@H]1O[C@H](C(COC(=O)c2ccccc2)OC(=O)c2ccccc2)[C@@H](OCc2ccccc2)[C@@]1(C)O. The van der Waals surface area contributed by atoms with E-state index in [2.05, 4.69) is 0 Å². The standard InChI is InChI=1S/C29H30O8/c1-29(32)25(34-18-20-12-6-3-7-13-20)24(37-28(29)33-2)23(36-27(31)22-16-10-5-11-17-22)19-35-26(30)21-14-8-4-9-15-21/h3-17,23-25,28,32H,18-19H2,1-2H3/t23?,24-,25-,28+,29-/m1/s1. The van der Waals surface area contributed by atoms with Gasteiger partial charge in [-0.05, 0) is 36.8 Å². The van der Waals surface area contributed by atoms with Gasteiger partial charge in [-0.2, -0.15) is 0 Å². The molecule has 8 nitrogen and oxygen atoms in total. The molecule has 0 spiro atoms. The summed E-state index contributed by atoms with van der Waals surface area (Å²) in [5.74, 6) is -1.22. The fourth-order valence-corrected chi connectivity index (χ4v) is 4.21. The van der Waals surface area contributed by atoms with Gasteiger partial charge in [0, 0.05) is 7.11 Å². The molecule has 0 amide bonds. The number of esters is 2. The number of rotatable bonds is 10. The van der Waals surface area contributed by atoms with Crippen LogP contribution >= 0.6 is 0 Å². The normalized spacial score (nSPS) is 23.8. The Morgan fingerprint density at radius 2 is 1.43 bits per heavy atom. The molecule has 1 aliphatic heterocycles. The van der Waals surface area contributed by atoms with Crippen LogP contribution in [0.5, 0.6) is 0 Å². The first kappa shape index (κ1) is 26.5. The quantitative estimate of drug-likeness (QED) is 0.415. The molecule has 1 N–H and O–H groups in total. The van der Waals surface area contributed by atoms with E-state index in [9.17, 15) is 14.7 Å². The molecule has 0 radical (unpaired) electrons. The van der Waals surface area contributed by atoms with Crippen LogP contribution in [0.2, 0.25) is 0 Å². The van der Waals surface area contributed by atoms with Crippen molar-refractivity contribution in [2.24, 2.45) is 0 Å². The lowest BCUT2D eigenvalue weighted by Gasteiger charge is -2.31. The molecule has 1 saturated heterocycles. The maximum absolute atomic E-state index is 13.0. The summed E-state index contributed by atoms with van der Waals surface area (Å²) in [6, 6.07) is 26.3. The minimum Gasteiger partial charge on any atom is -0.458 e. The number of ether oxygens (including phenoxy) is 5. The fraction of sp³-hybridized carbons (Fsp3) is 0.310. The zero-order valence-electron chi connectivity index (χ0n) is 20.7. The van der Waals surface area contributed by atoms with E-state index in [1.165, 1.54) is 14.0 Å². The Hall–Kier alpha value is -3.56. The van der Waals surface area contributed by atoms with Gasteiger partial charge in [-0.1, -0.05) is 66.7 Å². The van der Waals surface area contributed by atoms with Crippen LogP contribution in [-0.2, 0) is 30.3 Å². The van der Waals surface area contributed by atoms with Gasteiger partial charge in [0.1, 0.15) is 24.4 Å². The molecule has 194 valence electrons. The van der Waals surface area contributed by atoms with Gasteiger partial charge in [-0.25, -0.2) is 9.59 Å². The monoisotopic (exact) mass is 506 g/mol. The highest BCUT2D eigenvalue weighted by Gasteiger charge is 2.57. The molecule has 0 bridgehead atoms. The van der Waals surface area contributed by atoms with E-state index >= 15 is 0 Å². The van der Waals surface area contributed by atoms with E-state index in [1.807, 2.05) is 30.3 Å². The number of carbonyl (C=O) groups excluding carboxylic acids is 2. The smallest absolute Gasteiger partial charge is 0.338 e. The molecule has 1 aliphatic rings. The summed E-state index contributed by atoms with van der Waals surface area (Å²) in [5, 5.41) is 11.3. The van der Waals surface area contributed by atoms with Gasteiger partial charge < -0.3 is 28.8 Å². The predicted octanol–water partition coefficient (Wildman–Crippen LogP) is 3.78. The van der Waals surface area contributed by atoms with E-state index in [4.69, 9.17) is 23.7 Å². The van der Waals surface area contributed by atoms with E-state index in [0.717, 1.165) is 5.56 Å². The van der Waals surface area contributed by atoms with Gasteiger partial charge in [0.2, 0.25) is 0 Å². The van der Waals surface area contributed by atoms with Crippen molar-refractivity contribution in [3.8, 4) is 0 Å². The van der Waals surface area contributed by atoms with Crippen LogP contribution in [0.4, 0.5) is 0 Å². The number of hydrogen-bond acceptors (Lipinski definition) is 8. The van der Waals surface area contributed by atoms with Gasteiger partial charge in [0.15, 0.2) is 12.4 Å². The van der Waals surface area contributed by atoms with Gasteiger partial charge in [-0.3, -0.25) is 0 Å². The van der Waals surface area contributed by atoms with Crippen LogP contribution in [0, 0.1) is 0 Å². The summed E-state index contributed by atoms with van der Waals surface area (Å²) in [4.78, 5) is 25.6. The maximum Gasteiger partial charge on any atom is 0.338 e. The van der Waals surface area contributed by atoms with Crippen LogP contribution < -0.4 is 0 Å². The molecule has 8 heteroatoms. The van der Waals surface area contributed by atoms with Crippen LogP contribution in [0.3, 0.4) is 0 Å². The van der Waals surface area contributed by atoms with E-state index < -0.39 is 42.1 Å². The first-order chi connectivity index (χ1) is 17.9. The summed E-state index contributed by atoms with van der Waals surface area (Å²) in [6.07, 6.45) is -4.14. The zero-order valence-corrected chi connectivity index (χ0v) is 20.7. The van der Waals surface area contributed by atoms with E-state index in [0.29, 0.717) is 11.1 Å². The Kier molecular flexibility index (Phi) is 8.68. The summed E-state index contributed by atoms with van der Waals surface area (Å²) in [7, 11) is 1.40. The Labute approximate surface area is 215 Å². The van der Waals surface area contributed by atoms with Crippen molar-refractivity contribution < 1.29 is 38.4 Å². The summed E-state index contributed by atoms with van der Waals surface area (Å²) < 4.78 is 28.8. The van der Waals surface area contributed by atoms with Crippen molar-refractivity contribution in [2.45, 2.75) is 43.7 Å². The average Bonchev–Trinajstić information content (AvgIpc) is 3.19. The Bertz CT molecular complexity index is 1150. The molecule has 0 aliphatic carbocycles. The molecule has 3 aromatic rings. The number of hydrogen-bond donors (Lipinski definition) is 1. The van der Waals surface area contributed by atoms with Crippen molar-refractivity contribution in [3.63, 3.8) is 0 Å². The van der Waals surface area contributed by atoms with Gasteiger partial charge in [0.25, 0.3) is 0 Å². The summed E-state index contributed by atoms with van der Waals surface area (Å²) >= 11 is 0. The second-order valence-electron chi connectivity index (χ2n) is 8.89. The lowest BCUT2D eigenvalue weighted by atomic mass is 9.94. The molecule has 4 rings (SSSR count). The highest BCUT2D eigenvalue weighted by molar-refractivity contribution is 5.90. The molecular weight excluding hydrogens is 476 g/mol. The Balaban J connectivity index is 1.58. The van der Waals surface area contributed by atoms with Crippen molar-refractivity contribution in [3.05, 3.63) is 108 Å². The topological polar surface area (TPSA) is 101 Å². The molecule has 1 heterocycles. The van der Waals surface area contributed by atoms with Gasteiger partial charge >= 0.3 is 11.9 Å². The second kappa shape index (κ2) is 12.1. The maximum atomic E-state index is 13.0. The Morgan fingerprint density at radius 1 is 0.892 bits per heavy atom. The largest absolute Gasteiger partial charge is 0.458 e. The lowest BCUT2D eigenvalue weighted by molar-refractivity contribution is -0.193. The van der Waals surface area contributed by atoms with Crippen molar-refractivity contribution in [1.82, 2.24) is 0 Å². The van der Waals surface area contributed by atoms with E-state index in [1.54, 1.807) is 60.7 Å². The van der Waals surface area contributed by atoms with Gasteiger partial charge in [-0.15, -0.1) is 0 Å². The van der Waals surface area contributed by atoms with Crippen molar-refractivity contribution in [2.75, 3.05) is 13.7 Å². The first-order valence-electron chi connectivity index (χ1n) is 11.9. The number of aliphatic hydroxyl groups is 1. The molecule has 0 aromatic heterocycles. The molecule has 37 heavy (non-hydrogen) atoms. The van der Waals surface area contributed by atoms with E-state index in [-0.39, 0.29) is 13.2 Å². The first-order valence-corrected chi connectivity index (χ1v) is 11.9. The third-order valence-corrected chi connectivity index (χ3v) is 6.14. The highest BCUT2D eigenvalue weighted by atomic mass is 16.7. The van der Waals surface area contributed by atoms with Crippen LogP contribution in [0.15, 0.2) is 91.0 Å². The average molecular weight is 507 g/mol. The number of benzene rings is 3. The Morgan fingerprint density at radius 3 is 2.00 bits per heavy atom. The predicted molar refractivity (Wildman–Crippen MR) is 134 cm³/mol. The van der Waals surface area contributed by atoms with Crippen molar-refractivity contribution >= 4 is 11.9 Å². The lowest BCUT2D eigenvalue weighted by Crippen LogP contribution is -2.51. The number of methoxy groups -OCH3 is 1. The minimum absolute atomic E-state index is 0.168. The van der Waals surface area contributed by atoms with Gasteiger partial charge in [0.05, 0.1) is 17.7 Å². The second-order valence-corrected chi connectivity index (χ2v) is 8.89. The summed E-state index contributed by atoms with van der Waals surface area (Å²) in [6.45, 7) is 1.37. The van der Waals surface area contributed by atoms with Crippen molar-refractivity contribution in [1.29, 1.82) is 0 Å². The van der Waals surface area contributed by atoms with Crippen LogP contribution in [0.25, 0.3) is 0 Å². The molecule has 5 atom stereocenters. The molecule has 1 unspecified atom stereocenters. The number of carbonyl (C=O) groups is 2. The molecular formula is C29H30O8. The molecule has 1 fully saturated rings. The van der Waals surface area contributed by atoms with Crippen LogP contribution in [0.1, 0.15) is 33.2 Å². The highest BCUT2D eigenvalue weighted by Crippen LogP contribution is 2.37. The third-order valence-electron chi connectivity index (χ3n) is 6.14. The molecule has 3 aromatic carbocycles. The zero-order chi connectivity index (χ0) is 26.3. The fourth-order valence-electron chi connectivity index (χ4n) is 4.21. The third kappa shape index (κ3) is 6.42. The minimum atomic E-state index is -1.59.